The average molecular weight is 241 g/mol. The molecule has 0 radical (unpaired) electrons. The van der Waals surface area contributed by atoms with Crippen molar-refractivity contribution < 1.29 is 19.1 Å². The van der Waals surface area contributed by atoms with Gasteiger partial charge in [0.05, 0.1) is 12.0 Å². The second-order valence-corrected chi connectivity index (χ2v) is 4.64. The highest BCUT2D eigenvalue weighted by Gasteiger charge is 2.42. The minimum Gasteiger partial charge on any atom is -0.447 e. The van der Waals surface area contributed by atoms with Crippen LogP contribution in [0.3, 0.4) is 0 Å². The summed E-state index contributed by atoms with van der Waals surface area (Å²) in [7, 11) is 0. The lowest BCUT2D eigenvalue weighted by atomic mass is 9.99. The number of imide groups is 1. The number of ether oxygens (including phenoxy) is 1. The normalized spacial score (nSPS) is 21.6. The number of carbonyl (C=O) groups is 3. The average Bonchev–Trinajstić information content (AvgIpc) is 2.68. The van der Waals surface area contributed by atoms with Crippen molar-refractivity contribution in [1.82, 2.24) is 4.90 Å². The third-order valence-corrected chi connectivity index (χ3v) is 3.11. The molecule has 0 N–H and O–H groups in total. The molecule has 17 heavy (non-hydrogen) atoms. The highest BCUT2D eigenvalue weighted by molar-refractivity contribution is 6.06. The molecule has 0 aromatic carbocycles. The topological polar surface area (TPSA) is 63.7 Å². The van der Waals surface area contributed by atoms with Crippen LogP contribution in [0.15, 0.2) is 0 Å². The van der Waals surface area contributed by atoms with Crippen LogP contribution in [-0.2, 0) is 14.3 Å². The lowest BCUT2D eigenvalue weighted by Gasteiger charge is -2.24. The summed E-state index contributed by atoms with van der Waals surface area (Å²) in [4.78, 5) is 36.2. The van der Waals surface area contributed by atoms with Crippen LogP contribution in [0.4, 0.5) is 4.79 Å². The van der Waals surface area contributed by atoms with Crippen LogP contribution in [0, 0.1) is 11.8 Å². The van der Waals surface area contributed by atoms with E-state index in [4.69, 9.17) is 4.74 Å². The zero-order chi connectivity index (χ0) is 13.2. The molecule has 1 saturated heterocycles. The lowest BCUT2D eigenvalue weighted by Crippen LogP contribution is -2.45. The maximum atomic E-state index is 12.1. The molecule has 1 fully saturated rings. The van der Waals surface area contributed by atoms with E-state index >= 15 is 0 Å². The van der Waals surface area contributed by atoms with Crippen molar-refractivity contribution >= 4 is 17.8 Å². The zero-order valence-electron chi connectivity index (χ0n) is 10.7. The fourth-order valence-corrected chi connectivity index (χ4v) is 1.83. The molecule has 96 valence electrons. The molecule has 0 aromatic heterocycles. The molecule has 1 rings (SSSR count). The highest BCUT2D eigenvalue weighted by Crippen LogP contribution is 2.22. The Morgan fingerprint density at radius 1 is 1.41 bits per heavy atom. The Bertz CT molecular complexity index is 337. The molecule has 0 aliphatic carbocycles. The number of amides is 2. The van der Waals surface area contributed by atoms with Crippen LogP contribution in [0.5, 0.6) is 0 Å². The minimum atomic E-state index is -0.771. The third-order valence-electron chi connectivity index (χ3n) is 3.11. The molecule has 0 aromatic rings. The van der Waals surface area contributed by atoms with E-state index < -0.39 is 17.9 Å². The van der Waals surface area contributed by atoms with Crippen molar-refractivity contribution in [2.24, 2.45) is 11.8 Å². The van der Waals surface area contributed by atoms with Crippen molar-refractivity contribution in [2.45, 2.75) is 40.2 Å². The van der Waals surface area contributed by atoms with E-state index in [-0.39, 0.29) is 24.3 Å². The van der Waals surface area contributed by atoms with Crippen LogP contribution in [0.25, 0.3) is 0 Å². The largest absolute Gasteiger partial charge is 0.447 e. The first kappa shape index (κ1) is 13.7. The number of hydrogen-bond donors (Lipinski definition) is 0. The van der Waals surface area contributed by atoms with Crippen molar-refractivity contribution in [2.75, 3.05) is 6.61 Å². The second kappa shape index (κ2) is 5.29. The first-order valence-corrected chi connectivity index (χ1v) is 5.92. The zero-order valence-corrected chi connectivity index (χ0v) is 10.7. The van der Waals surface area contributed by atoms with Gasteiger partial charge in [0, 0.05) is 6.42 Å². The standard InChI is InChI=1S/C12H19NO4/c1-5-10(14)8(4)11(15)13-9(7(2)3)6-17-12(13)16/h7-9H,5-6H2,1-4H3/t8-,9+/m0/s1. The van der Waals surface area contributed by atoms with Gasteiger partial charge in [-0.1, -0.05) is 20.8 Å². The summed E-state index contributed by atoms with van der Waals surface area (Å²) >= 11 is 0. The molecule has 5 heteroatoms. The molecule has 0 spiro atoms. The molecular formula is C12H19NO4. The Hall–Kier alpha value is -1.39. The Morgan fingerprint density at radius 2 is 2.00 bits per heavy atom. The second-order valence-electron chi connectivity index (χ2n) is 4.64. The number of rotatable bonds is 4. The van der Waals surface area contributed by atoms with Gasteiger partial charge in [0.15, 0.2) is 0 Å². The summed E-state index contributed by atoms with van der Waals surface area (Å²) in [6.07, 6.45) is -0.341. The molecule has 0 bridgehead atoms. The predicted molar refractivity (Wildman–Crippen MR) is 61.3 cm³/mol. The van der Waals surface area contributed by atoms with Crippen LogP contribution in [0.1, 0.15) is 34.1 Å². The van der Waals surface area contributed by atoms with Gasteiger partial charge in [-0.15, -0.1) is 0 Å². The fraction of sp³-hybridized carbons (Fsp3) is 0.750. The summed E-state index contributed by atoms with van der Waals surface area (Å²) in [5.74, 6) is -1.25. The van der Waals surface area contributed by atoms with Crippen molar-refractivity contribution in [3.05, 3.63) is 0 Å². The SMILES string of the molecule is CCC(=O)[C@H](C)C(=O)N1C(=O)OC[C@@H]1C(C)C. The smallest absolute Gasteiger partial charge is 0.417 e. The van der Waals surface area contributed by atoms with Gasteiger partial charge in [-0.25, -0.2) is 9.69 Å². The Balaban J connectivity index is 2.85. The summed E-state index contributed by atoms with van der Waals surface area (Å²) in [6.45, 7) is 7.29. The van der Waals surface area contributed by atoms with Gasteiger partial charge in [0.1, 0.15) is 12.4 Å². The maximum Gasteiger partial charge on any atom is 0.417 e. The summed E-state index contributed by atoms with van der Waals surface area (Å²) < 4.78 is 4.88. The maximum absolute atomic E-state index is 12.1. The Labute approximate surface area is 101 Å². The predicted octanol–water partition coefficient (Wildman–Crippen LogP) is 1.60. The molecule has 1 aliphatic rings. The van der Waals surface area contributed by atoms with Gasteiger partial charge >= 0.3 is 6.09 Å². The van der Waals surface area contributed by atoms with Gasteiger partial charge < -0.3 is 4.74 Å². The van der Waals surface area contributed by atoms with Gasteiger partial charge in [-0.2, -0.15) is 0 Å². The number of ketones is 1. The molecule has 1 heterocycles. The summed E-state index contributed by atoms with van der Waals surface area (Å²) in [5, 5.41) is 0. The van der Waals surface area contributed by atoms with E-state index in [0.717, 1.165) is 4.90 Å². The minimum absolute atomic E-state index is 0.120. The Kier molecular flexibility index (Phi) is 4.26. The molecular weight excluding hydrogens is 222 g/mol. The van der Waals surface area contributed by atoms with Crippen LogP contribution in [-0.4, -0.2) is 35.3 Å². The van der Waals surface area contributed by atoms with Crippen molar-refractivity contribution in [3.63, 3.8) is 0 Å². The van der Waals surface area contributed by atoms with E-state index in [1.807, 2.05) is 13.8 Å². The van der Waals surface area contributed by atoms with Crippen LogP contribution < -0.4 is 0 Å². The first-order chi connectivity index (χ1) is 7.90. The van der Waals surface area contributed by atoms with Crippen LogP contribution >= 0.6 is 0 Å². The van der Waals surface area contributed by atoms with Gasteiger partial charge in [-0.3, -0.25) is 9.59 Å². The van der Waals surface area contributed by atoms with E-state index in [0.29, 0.717) is 6.42 Å². The van der Waals surface area contributed by atoms with Gasteiger partial charge in [0.25, 0.3) is 0 Å². The number of hydrogen-bond acceptors (Lipinski definition) is 4. The summed E-state index contributed by atoms with van der Waals surface area (Å²) in [6, 6.07) is -0.262. The van der Waals surface area contributed by atoms with E-state index in [2.05, 4.69) is 0 Å². The molecule has 1 aliphatic heterocycles. The van der Waals surface area contributed by atoms with E-state index in [1.165, 1.54) is 6.92 Å². The monoisotopic (exact) mass is 241 g/mol. The van der Waals surface area contributed by atoms with Crippen LogP contribution in [0.2, 0.25) is 0 Å². The molecule has 0 unspecified atom stereocenters. The fourth-order valence-electron chi connectivity index (χ4n) is 1.83. The quantitative estimate of drug-likeness (QED) is 0.701. The van der Waals surface area contributed by atoms with E-state index in [1.54, 1.807) is 6.92 Å². The lowest BCUT2D eigenvalue weighted by molar-refractivity contribution is -0.139. The molecule has 5 nitrogen and oxygen atoms in total. The number of cyclic esters (lactones) is 1. The van der Waals surface area contributed by atoms with Gasteiger partial charge in [-0.05, 0) is 12.8 Å². The molecule has 0 saturated carbocycles. The molecule has 2 atom stereocenters. The van der Waals surface area contributed by atoms with Gasteiger partial charge in [0.2, 0.25) is 5.91 Å². The Morgan fingerprint density at radius 3 is 2.47 bits per heavy atom. The summed E-state index contributed by atoms with van der Waals surface area (Å²) in [5.41, 5.74) is 0. The number of carbonyl (C=O) groups excluding carboxylic acids is 3. The van der Waals surface area contributed by atoms with Crippen molar-refractivity contribution in [1.29, 1.82) is 0 Å². The van der Waals surface area contributed by atoms with Crippen molar-refractivity contribution in [3.8, 4) is 0 Å². The third kappa shape index (κ3) is 2.65. The number of Topliss-reactive ketones (excluding diaryl/α,β-unsaturated/α-hetero) is 1. The van der Waals surface area contributed by atoms with E-state index in [9.17, 15) is 14.4 Å². The highest BCUT2D eigenvalue weighted by atomic mass is 16.6. The first-order valence-electron chi connectivity index (χ1n) is 5.92. The molecule has 2 amide bonds. The number of nitrogens with zero attached hydrogens (tertiary/aromatic N) is 1.